The number of rotatable bonds is 7. The van der Waals surface area contributed by atoms with E-state index in [4.69, 9.17) is 0 Å². The number of carbonyl (C=O) groups excluding carboxylic acids is 1. The lowest BCUT2D eigenvalue weighted by Crippen LogP contribution is -2.22. The van der Waals surface area contributed by atoms with Crippen LogP contribution in [-0.4, -0.2) is 25.7 Å². The molecule has 0 radical (unpaired) electrons. The summed E-state index contributed by atoms with van der Waals surface area (Å²) in [6.45, 7) is 2.91. The topological polar surface area (TPSA) is 89.8 Å². The lowest BCUT2D eigenvalue weighted by atomic mass is 10.2. The van der Waals surface area contributed by atoms with Crippen molar-refractivity contribution in [2.45, 2.75) is 30.9 Å². The second kappa shape index (κ2) is 8.85. The molecule has 0 aliphatic rings. The van der Waals surface area contributed by atoms with Crippen LogP contribution < -0.4 is 10.9 Å². The van der Waals surface area contributed by atoms with Gasteiger partial charge in [-0.25, -0.2) is 4.98 Å². The number of nitrogens with one attached hydrogen (secondary N) is 1. The second-order valence-electron chi connectivity index (χ2n) is 6.04. The van der Waals surface area contributed by atoms with Crippen molar-refractivity contribution in [3.8, 4) is 0 Å². The zero-order valence-electron chi connectivity index (χ0n) is 15.5. The van der Waals surface area contributed by atoms with Crippen LogP contribution in [0.2, 0.25) is 0 Å². The molecule has 10 heteroatoms. The van der Waals surface area contributed by atoms with E-state index in [2.05, 4.69) is 20.5 Å². The third-order valence-corrected chi connectivity index (χ3v) is 7.11. The van der Waals surface area contributed by atoms with Gasteiger partial charge in [-0.05, 0) is 23.9 Å². The molecule has 0 unspecified atom stereocenters. The fourth-order valence-electron chi connectivity index (χ4n) is 2.70. The van der Waals surface area contributed by atoms with Crippen molar-refractivity contribution in [2.24, 2.45) is 0 Å². The Morgan fingerprint density at radius 1 is 1.21 bits per heavy atom. The molecule has 0 fully saturated rings. The number of carbonyl (C=O) groups is 1. The van der Waals surface area contributed by atoms with E-state index in [1.165, 1.54) is 34.4 Å². The van der Waals surface area contributed by atoms with E-state index in [-0.39, 0.29) is 11.5 Å². The minimum Gasteiger partial charge on any atom is -0.346 e. The normalized spacial score (nSPS) is 11.1. The molecule has 0 aliphatic heterocycles. The number of amides is 1. The van der Waals surface area contributed by atoms with Crippen molar-refractivity contribution >= 4 is 50.6 Å². The molecule has 0 saturated carbocycles. The van der Waals surface area contributed by atoms with Gasteiger partial charge in [-0.2, -0.15) is 0 Å². The molecular weight excluding hydrogens is 426 g/mol. The first-order valence-corrected chi connectivity index (χ1v) is 11.6. The number of thioether (sulfide) groups is 1. The van der Waals surface area contributed by atoms with Crippen LogP contribution in [0.1, 0.15) is 27.3 Å². The fraction of sp³-hybridized carbons (Fsp3) is 0.211. The average molecular weight is 444 g/mol. The predicted molar refractivity (Wildman–Crippen MR) is 117 cm³/mol. The molecule has 3 aromatic heterocycles. The number of nitrogens with zero attached hydrogens (tertiary/aromatic N) is 4. The third-order valence-electron chi connectivity index (χ3n) is 4.13. The van der Waals surface area contributed by atoms with Gasteiger partial charge in [-0.3, -0.25) is 14.2 Å². The van der Waals surface area contributed by atoms with Gasteiger partial charge in [0.05, 0.1) is 11.3 Å². The number of aromatic nitrogens is 4. The Balaban J connectivity index is 1.42. The molecule has 4 rings (SSSR count). The number of hydrogen-bond acceptors (Lipinski definition) is 8. The summed E-state index contributed by atoms with van der Waals surface area (Å²) in [4.78, 5) is 29.5. The molecule has 148 valence electrons. The van der Waals surface area contributed by atoms with E-state index >= 15 is 0 Å². The molecule has 7 nitrogen and oxygen atoms in total. The van der Waals surface area contributed by atoms with Crippen LogP contribution in [0.4, 0.5) is 0 Å². The second-order valence-corrected chi connectivity index (χ2v) is 8.96. The largest absolute Gasteiger partial charge is 0.346 e. The summed E-state index contributed by atoms with van der Waals surface area (Å²) in [5.41, 5.74) is 1.72. The first-order chi connectivity index (χ1) is 14.2. The maximum absolute atomic E-state index is 12.6. The lowest BCUT2D eigenvalue weighted by molar-refractivity contribution is 0.0950. The van der Waals surface area contributed by atoms with E-state index in [0.29, 0.717) is 44.2 Å². The number of thiophene rings is 1. The van der Waals surface area contributed by atoms with Crippen molar-refractivity contribution in [3.05, 3.63) is 67.7 Å². The van der Waals surface area contributed by atoms with Crippen molar-refractivity contribution in [1.29, 1.82) is 0 Å². The van der Waals surface area contributed by atoms with Gasteiger partial charge in [-0.15, -0.1) is 21.5 Å². The summed E-state index contributed by atoms with van der Waals surface area (Å²) < 4.78 is 2.34. The highest BCUT2D eigenvalue weighted by Gasteiger charge is 2.15. The Kier molecular flexibility index (Phi) is 6.02. The van der Waals surface area contributed by atoms with Crippen LogP contribution in [0.3, 0.4) is 0 Å². The smallest absolute Gasteiger partial charge is 0.282 e. The molecule has 1 N–H and O–H groups in total. The molecule has 0 spiro atoms. The van der Waals surface area contributed by atoms with Gasteiger partial charge < -0.3 is 5.32 Å². The van der Waals surface area contributed by atoms with Gasteiger partial charge in [0, 0.05) is 13.1 Å². The van der Waals surface area contributed by atoms with E-state index < -0.39 is 0 Å². The van der Waals surface area contributed by atoms with E-state index in [1.807, 2.05) is 48.7 Å². The maximum Gasteiger partial charge on any atom is 0.282 e. The third kappa shape index (κ3) is 4.39. The fourth-order valence-corrected chi connectivity index (χ4v) is 5.28. The Bertz CT molecular complexity index is 1200. The zero-order valence-corrected chi connectivity index (χ0v) is 17.9. The number of benzene rings is 1. The Labute approximate surface area is 178 Å². The number of fused-ring (bicyclic) bond motifs is 1. The van der Waals surface area contributed by atoms with Crippen molar-refractivity contribution in [1.82, 2.24) is 25.1 Å². The summed E-state index contributed by atoms with van der Waals surface area (Å²) in [7, 11) is 0. The van der Waals surface area contributed by atoms with Crippen LogP contribution in [0.25, 0.3) is 10.2 Å². The molecule has 0 aliphatic carbocycles. The Morgan fingerprint density at radius 3 is 2.83 bits per heavy atom. The van der Waals surface area contributed by atoms with Gasteiger partial charge in [0.25, 0.3) is 11.5 Å². The lowest BCUT2D eigenvalue weighted by Gasteiger charge is -2.08. The zero-order chi connectivity index (χ0) is 20.2. The minimum absolute atomic E-state index is 0.0201. The molecular formula is C19H17N5O2S3. The minimum atomic E-state index is -0.245. The Hall–Kier alpha value is -2.56. The summed E-state index contributed by atoms with van der Waals surface area (Å²) in [6, 6.07) is 11.5. The molecule has 3 heterocycles. The van der Waals surface area contributed by atoms with E-state index in [0.717, 1.165) is 5.56 Å². The van der Waals surface area contributed by atoms with Crippen LogP contribution >= 0.6 is 34.4 Å². The molecule has 1 aromatic carbocycles. The van der Waals surface area contributed by atoms with Crippen LogP contribution in [0, 0.1) is 0 Å². The summed E-state index contributed by atoms with van der Waals surface area (Å²) >= 11 is 4.08. The summed E-state index contributed by atoms with van der Waals surface area (Å²) in [5, 5.41) is 14.5. The standard InChI is InChI=1S/C19H17N5O2S3/c1-2-24-18(26)15-13(8-9-27-15)21-19(24)28-11-14-22-23-17(29-14)16(25)20-10-12-6-4-3-5-7-12/h3-9H,2,10-11H2,1H3,(H,20,25). The van der Waals surface area contributed by atoms with Crippen molar-refractivity contribution in [2.75, 3.05) is 0 Å². The monoisotopic (exact) mass is 443 g/mol. The van der Waals surface area contributed by atoms with Gasteiger partial charge in [0.15, 0.2) is 5.16 Å². The number of hydrogen-bond donors (Lipinski definition) is 1. The van der Waals surface area contributed by atoms with Gasteiger partial charge in [-0.1, -0.05) is 53.4 Å². The highest BCUT2D eigenvalue weighted by Crippen LogP contribution is 2.25. The SMILES string of the molecule is CCn1c(SCc2nnc(C(=O)NCc3ccccc3)s2)nc2ccsc2c1=O. The van der Waals surface area contributed by atoms with E-state index in [9.17, 15) is 9.59 Å². The van der Waals surface area contributed by atoms with Gasteiger partial charge in [0.1, 0.15) is 9.71 Å². The molecule has 0 atom stereocenters. The molecule has 1 amide bonds. The first kappa shape index (κ1) is 19.7. The Morgan fingerprint density at radius 2 is 2.03 bits per heavy atom. The van der Waals surface area contributed by atoms with Crippen molar-refractivity contribution < 1.29 is 4.79 Å². The van der Waals surface area contributed by atoms with Gasteiger partial charge >= 0.3 is 0 Å². The van der Waals surface area contributed by atoms with Crippen LogP contribution in [0.5, 0.6) is 0 Å². The highest BCUT2D eigenvalue weighted by atomic mass is 32.2. The van der Waals surface area contributed by atoms with Crippen LogP contribution in [-0.2, 0) is 18.8 Å². The first-order valence-electron chi connectivity index (χ1n) is 8.91. The molecule has 0 bridgehead atoms. The quantitative estimate of drug-likeness (QED) is 0.347. The molecule has 4 aromatic rings. The van der Waals surface area contributed by atoms with Crippen molar-refractivity contribution in [3.63, 3.8) is 0 Å². The molecule has 0 saturated heterocycles. The molecule has 29 heavy (non-hydrogen) atoms. The van der Waals surface area contributed by atoms with Gasteiger partial charge in [0.2, 0.25) is 5.01 Å². The van der Waals surface area contributed by atoms with E-state index in [1.54, 1.807) is 4.57 Å². The summed E-state index contributed by atoms with van der Waals surface area (Å²) in [5.74, 6) is 0.247. The van der Waals surface area contributed by atoms with Crippen LogP contribution in [0.15, 0.2) is 51.7 Å². The predicted octanol–water partition coefficient (Wildman–Crippen LogP) is 3.55. The summed E-state index contributed by atoms with van der Waals surface area (Å²) in [6.07, 6.45) is 0. The maximum atomic E-state index is 12.6. The highest BCUT2D eigenvalue weighted by molar-refractivity contribution is 7.98. The average Bonchev–Trinajstić information content (AvgIpc) is 3.41.